The third-order valence-electron chi connectivity index (χ3n) is 5.88. The van der Waals surface area contributed by atoms with E-state index in [1.807, 2.05) is 36.4 Å². The molecule has 0 aromatic heterocycles. The lowest BCUT2D eigenvalue weighted by Gasteiger charge is -2.25. The van der Waals surface area contributed by atoms with Gasteiger partial charge in [0.05, 0.1) is 20.6 Å². The van der Waals surface area contributed by atoms with E-state index in [9.17, 15) is 9.59 Å². The average molecular weight is 469 g/mol. The Morgan fingerprint density at radius 2 is 1.68 bits per heavy atom. The monoisotopic (exact) mass is 468 g/mol. The van der Waals surface area contributed by atoms with Gasteiger partial charge in [-0.15, -0.1) is 0 Å². The number of carbonyl (C=O) groups is 2. The van der Waals surface area contributed by atoms with Crippen molar-refractivity contribution in [1.29, 1.82) is 0 Å². The molecule has 0 radical (unpaired) electrons. The Kier molecular flexibility index (Phi) is 9.54. The van der Waals surface area contributed by atoms with Crippen molar-refractivity contribution in [2.24, 2.45) is 5.92 Å². The van der Waals surface area contributed by atoms with Crippen LogP contribution in [0.15, 0.2) is 36.4 Å². The van der Waals surface area contributed by atoms with Gasteiger partial charge in [-0.25, -0.2) is 0 Å². The van der Waals surface area contributed by atoms with E-state index >= 15 is 0 Å². The van der Waals surface area contributed by atoms with E-state index in [2.05, 4.69) is 45.3 Å². The largest absolute Gasteiger partial charge is 0.497 e. The molecule has 0 aliphatic rings. The van der Waals surface area contributed by atoms with Crippen LogP contribution in [-0.4, -0.2) is 33.1 Å². The number of likely N-dealkylation sites (N-methyl/N-ethyl adjacent to an activating group) is 1. The normalized spacial score (nSPS) is 12.3. The predicted octanol–water partition coefficient (Wildman–Crippen LogP) is 5.45. The van der Waals surface area contributed by atoms with Crippen LogP contribution in [0.4, 0.5) is 5.69 Å². The molecular formula is C28H40N2O4. The minimum atomic E-state index is -0.162. The first kappa shape index (κ1) is 27.2. The van der Waals surface area contributed by atoms with Crippen LogP contribution in [0.2, 0.25) is 0 Å². The third-order valence-corrected chi connectivity index (χ3v) is 5.88. The molecule has 0 saturated carbocycles. The molecule has 0 aliphatic carbocycles. The van der Waals surface area contributed by atoms with Crippen molar-refractivity contribution in [1.82, 2.24) is 5.32 Å². The molecule has 2 amide bonds. The highest BCUT2D eigenvalue weighted by atomic mass is 16.5. The molecule has 0 heterocycles. The molecule has 6 heteroatoms. The second kappa shape index (κ2) is 11.9. The van der Waals surface area contributed by atoms with Crippen LogP contribution in [0.5, 0.6) is 11.5 Å². The van der Waals surface area contributed by atoms with Gasteiger partial charge in [0.1, 0.15) is 11.5 Å². The summed E-state index contributed by atoms with van der Waals surface area (Å²) in [6, 6.07) is 11.6. The summed E-state index contributed by atoms with van der Waals surface area (Å²) < 4.78 is 11.0. The van der Waals surface area contributed by atoms with Gasteiger partial charge in [0, 0.05) is 25.2 Å². The molecule has 2 aromatic carbocycles. The molecule has 34 heavy (non-hydrogen) atoms. The quantitative estimate of drug-likeness (QED) is 0.486. The van der Waals surface area contributed by atoms with Crippen molar-refractivity contribution in [3.63, 3.8) is 0 Å². The fourth-order valence-electron chi connectivity index (χ4n) is 4.20. The summed E-state index contributed by atoms with van der Waals surface area (Å²) in [7, 11) is 4.88. The van der Waals surface area contributed by atoms with Gasteiger partial charge in [-0.1, -0.05) is 52.8 Å². The number of rotatable bonds is 10. The number of hydrogen-bond donors (Lipinski definition) is 2. The van der Waals surface area contributed by atoms with Gasteiger partial charge in [0.2, 0.25) is 11.8 Å². The van der Waals surface area contributed by atoms with Gasteiger partial charge < -0.3 is 20.1 Å². The van der Waals surface area contributed by atoms with E-state index in [0.717, 1.165) is 40.3 Å². The highest BCUT2D eigenvalue weighted by Gasteiger charge is 2.24. The number of amides is 2. The van der Waals surface area contributed by atoms with Crippen LogP contribution < -0.4 is 20.1 Å². The highest BCUT2D eigenvalue weighted by molar-refractivity contribution is 5.92. The topological polar surface area (TPSA) is 76.7 Å². The zero-order valence-corrected chi connectivity index (χ0v) is 21.9. The van der Waals surface area contributed by atoms with Gasteiger partial charge in [-0.05, 0) is 52.5 Å². The second-order valence-electron chi connectivity index (χ2n) is 10.2. The molecule has 0 bridgehead atoms. The smallest absolute Gasteiger partial charge is 0.224 e. The summed E-state index contributed by atoms with van der Waals surface area (Å²) in [6.07, 6.45) is 1.44. The molecule has 2 aromatic rings. The summed E-state index contributed by atoms with van der Waals surface area (Å²) in [6.45, 7) is 10.6. The Hall–Kier alpha value is -3.02. The minimum Gasteiger partial charge on any atom is -0.497 e. The van der Waals surface area contributed by atoms with Crippen molar-refractivity contribution in [3.8, 4) is 11.5 Å². The second-order valence-corrected chi connectivity index (χ2v) is 10.2. The average Bonchev–Trinajstić information content (AvgIpc) is 2.77. The van der Waals surface area contributed by atoms with Crippen molar-refractivity contribution in [2.45, 2.75) is 65.2 Å². The van der Waals surface area contributed by atoms with Crippen molar-refractivity contribution < 1.29 is 19.1 Å². The Morgan fingerprint density at radius 3 is 2.24 bits per heavy atom. The van der Waals surface area contributed by atoms with Crippen LogP contribution in [0.1, 0.15) is 70.1 Å². The first-order valence-corrected chi connectivity index (χ1v) is 11.8. The first-order valence-electron chi connectivity index (χ1n) is 11.8. The molecule has 0 spiro atoms. The van der Waals surface area contributed by atoms with Crippen LogP contribution in [-0.2, 0) is 21.4 Å². The zero-order chi connectivity index (χ0) is 25.5. The summed E-state index contributed by atoms with van der Waals surface area (Å²) in [5, 5.41) is 5.80. The highest BCUT2D eigenvalue weighted by Crippen LogP contribution is 2.37. The van der Waals surface area contributed by atoms with Gasteiger partial charge in [0.25, 0.3) is 0 Å². The molecule has 0 fully saturated rings. The Balaban J connectivity index is 2.35. The number of benzene rings is 2. The lowest BCUT2D eigenvalue weighted by molar-refractivity contribution is -0.120. The molecule has 1 unspecified atom stereocenters. The zero-order valence-electron chi connectivity index (χ0n) is 21.9. The molecule has 0 saturated heterocycles. The van der Waals surface area contributed by atoms with E-state index < -0.39 is 0 Å². The van der Waals surface area contributed by atoms with Gasteiger partial charge >= 0.3 is 0 Å². The number of methoxy groups -OCH3 is 2. The third kappa shape index (κ3) is 7.51. The van der Waals surface area contributed by atoms with Crippen LogP contribution >= 0.6 is 0 Å². The maximum absolute atomic E-state index is 13.3. The number of hydrogen-bond acceptors (Lipinski definition) is 4. The number of anilines is 1. The molecule has 1 atom stereocenters. The standard InChI is InChI=1S/C28H40N2O4/c1-18(2)13-20(22-11-10-21(33-7)17-25(22)34-8)16-27(32)30-24-14-19(15-26(31)29-6)9-12-23(24)28(3,4)5/h9-12,14,17-18,20H,13,15-16H2,1-8H3,(H,29,31)(H,30,32). The molecule has 0 aliphatic heterocycles. The van der Waals surface area contributed by atoms with Gasteiger partial charge in [-0.2, -0.15) is 0 Å². The minimum absolute atomic E-state index is 0.00649. The van der Waals surface area contributed by atoms with E-state index in [-0.39, 0.29) is 29.6 Å². The summed E-state index contributed by atoms with van der Waals surface area (Å²) in [5.41, 5.74) is 3.48. The molecular weight excluding hydrogens is 428 g/mol. The SMILES string of the molecule is CNC(=O)Cc1ccc(C(C)(C)C)c(NC(=O)CC(CC(C)C)c2ccc(OC)cc2OC)c1. The van der Waals surface area contributed by atoms with E-state index in [4.69, 9.17) is 9.47 Å². The van der Waals surface area contributed by atoms with E-state index in [1.54, 1.807) is 21.3 Å². The lowest BCUT2D eigenvalue weighted by Crippen LogP contribution is -2.22. The molecule has 2 N–H and O–H groups in total. The maximum atomic E-state index is 13.3. The fourth-order valence-corrected chi connectivity index (χ4v) is 4.20. The summed E-state index contributed by atoms with van der Waals surface area (Å²) in [5.74, 6) is 1.71. The Bertz CT molecular complexity index is 992. The Labute approximate surface area is 204 Å². The molecule has 2 rings (SSSR count). The van der Waals surface area contributed by atoms with Crippen LogP contribution in [0.3, 0.4) is 0 Å². The number of ether oxygens (including phenoxy) is 2. The number of nitrogens with one attached hydrogen (secondary N) is 2. The Morgan fingerprint density at radius 1 is 0.971 bits per heavy atom. The summed E-state index contributed by atoms with van der Waals surface area (Å²) in [4.78, 5) is 25.2. The fraction of sp³-hybridized carbons (Fsp3) is 0.500. The lowest BCUT2D eigenvalue weighted by atomic mass is 9.84. The molecule has 186 valence electrons. The number of carbonyl (C=O) groups excluding carboxylic acids is 2. The van der Waals surface area contributed by atoms with Crippen molar-refractivity contribution in [3.05, 3.63) is 53.1 Å². The van der Waals surface area contributed by atoms with Crippen LogP contribution in [0.25, 0.3) is 0 Å². The van der Waals surface area contributed by atoms with E-state index in [1.165, 1.54) is 0 Å². The summed E-state index contributed by atoms with van der Waals surface area (Å²) >= 11 is 0. The van der Waals surface area contributed by atoms with Crippen molar-refractivity contribution >= 4 is 17.5 Å². The van der Waals surface area contributed by atoms with Gasteiger partial charge in [-0.3, -0.25) is 9.59 Å². The van der Waals surface area contributed by atoms with Crippen LogP contribution in [0, 0.1) is 5.92 Å². The van der Waals surface area contributed by atoms with E-state index in [0.29, 0.717) is 12.3 Å². The molecule has 6 nitrogen and oxygen atoms in total. The maximum Gasteiger partial charge on any atom is 0.224 e. The predicted molar refractivity (Wildman–Crippen MR) is 138 cm³/mol. The first-order chi connectivity index (χ1) is 16.0. The van der Waals surface area contributed by atoms with Gasteiger partial charge in [0.15, 0.2) is 0 Å². The van der Waals surface area contributed by atoms with Crippen molar-refractivity contribution in [2.75, 3.05) is 26.6 Å².